The Hall–Kier alpha value is -3.72. The van der Waals surface area contributed by atoms with Gasteiger partial charge in [0.05, 0.1) is 22.4 Å². The van der Waals surface area contributed by atoms with E-state index in [9.17, 15) is 0 Å². The van der Waals surface area contributed by atoms with E-state index in [4.69, 9.17) is 9.97 Å². The molecule has 2 aromatic heterocycles. The average molecular weight is 432 g/mol. The van der Waals surface area contributed by atoms with Crippen LogP contribution in [0.25, 0.3) is 23.4 Å². The number of allylic oxidation sites excluding steroid dienone is 9. The molecule has 3 aliphatic rings. The third-order valence-corrected chi connectivity index (χ3v) is 6.23. The number of rotatable bonds is 3. The minimum Gasteiger partial charge on any atom is -0.359 e. The highest BCUT2D eigenvalue weighted by Gasteiger charge is 2.14. The van der Waals surface area contributed by atoms with Crippen LogP contribution < -0.4 is 15.9 Å². The molecule has 0 fully saturated rings. The summed E-state index contributed by atoms with van der Waals surface area (Å²) in [5, 5.41) is 5.51. The lowest BCUT2D eigenvalue weighted by molar-refractivity contribution is 0.713. The van der Waals surface area contributed by atoms with E-state index in [1.165, 1.54) is 30.4 Å². The number of hydrogen-bond acceptors (Lipinski definition) is 3. The van der Waals surface area contributed by atoms with Crippen LogP contribution in [0.2, 0.25) is 0 Å². The van der Waals surface area contributed by atoms with Gasteiger partial charge in [-0.1, -0.05) is 43.4 Å². The van der Waals surface area contributed by atoms with Crippen molar-refractivity contribution >= 4 is 23.4 Å². The maximum Gasteiger partial charge on any atom is 0.0874 e. The Morgan fingerprint density at radius 3 is 2.76 bits per heavy atom. The number of aryl methyl sites for hydroxylation is 1. The van der Waals surface area contributed by atoms with Crippen molar-refractivity contribution < 1.29 is 0 Å². The van der Waals surface area contributed by atoms with Crippen molar-refractivity contribution in [3.8, 4) is 0 Å². The quantitative estimate of drug-likeness (QED) is 0.719. The van der Waals surface area contributed by atoms with Crippen LogP contribution in [0, 0.1) is 6.92 Å². The molecule has 0 bridgehead atoms. The summed E-state index contributed by atoms with van der Waals surface area (Å²) >= 11 is 0. The molecule has 3 heteroatoms. The number of hydrogen-bond donors (Lipinski definition) is 1. The van der Waals surface area contributed by atoms with Crippen LogP contribution in [0.4, 0.5) is 0 Å². The van der Waals surface area contributed by atoms with E-state index in [1.54, 1.807) is 0 Å². The highest BCUT2D eigenvalue weighted by Crippen LogP contribution is 2.27. The molecule has 164 valence electrons. The van der Waals surface area contributed by atoms with Crippen LogP contribution in [0.3, 0.4) is 0 Å². The molecule has 0 saturated carbocycles. The molecule has 0 atom stereocenters. The lowest BCUT2D eigenvalue weighted by Gasteiger charge is -2.12. The molecule has 1 N–H and O–H groups in total. The van der Waals surface area contributed by atoms with Crippen molar-refractivity contribution in [2.24, 2.45) is 0 Å². The molecule has 2 aromatic rings. The summed E-state index contributed by atoms with van der Waals surface area (Å²) in [4.78, 5) is 9.89. The SMILES string of the molecule is C=C1C=C(C2=CCCCCC2)C=c2nc(C3=C(c4cccc(C)n4)NC=CC=C3)ccc2=C1. The van der Waals surface area contributed by atoms with E-state index >= 15 is 0 Å². The fraction of sp³-hybridized carbons (Fsp3) is 0.200. The predicted molar refractivity (Wildman–Crippen MR) is 138 cm³/mol. The molecular weight excluding hydrogens is 402 g/mol. The van der Waals surface area contributed by atoms with Gasteiger partial charge in [0.15, 0.2) is 0 Å². The lowest BCUT2D eigenvalue weighted by atomic mass is 9.99. The second-order valence-corrected chi connectivity index (χ2v) is 8.78. The van der Waals surface area contributed by atoms with E-state index in [0.717, 1.165) is 57.3 Å². The maximum absolute atomic E-state index is 5.14. The number of nitrogens with zero attached hydrogens (tertiary/aromatic N) is 2. The largest absolute Gasteiger partial charge is 0.359 e. The first kappa shape index (κ1) is 21.1. The molecule has 33 heavy (non-hydrogen) atoms. The molecule has 0 aromatic carbocycles. The van der Waals surface area contributed by atoms with Crippen molar-refractivity contribution in [1.82, 2.24) is 15.3 Å². The summed E-state index contributed by atoms with van der Waals surface area (Å²) in [7, 11) is 0. The summed E-state index contributed by atoms with van der Waals surface area (Å²) in [5.41, 5.74) is 8.48. The smallest absolute Gasteiger partial charge is 0.0874 e. The predicted octanol–water partition coefficient (Wildman–Crippen LogP) is 5.27. The third-order valence-electron chi connectivity index (χ3n) is 6.23. The van der Waals surface area contributed by atoms with Crippen LogP contribution >= 0.6 is 0 Å². The van der Waals surface area contributed by atoms with Gasteiger partial charge in [0.1, 0.15) is 0 Å². The van der Waals surface area contributed by atoms with Crippen molar-refractivity contribution in [3.63, 3.8) is 0 Å². The van der Waals surface area contributed by atoms with Gasteiger partial charge in [0.25, 0.3) is 0 Å². The van der Waals surface area contributed by atoms with Gasteiger partial charge in [0.2, 0.25) is 0 Å². The number of aromatic nitrogens is 2. The van der Waals surface area contributed by atoms with E-state index in [2.05, 4.69) is 54.4 Å². The normalized spacial score (nSPS) is 18.0. The summed E-state index contributed by atoms with van der Waals surface area (Å²) in [6.45, 7) is 6.29. The van der Waals surface area contributed by atoms with Gasteiger partial charge < -0.3 is 5.32 Å². The van der Waals surface area contributed by atoms with Gasteiger partial charge in [-0.25, -0.2) is 4.98 Å². The molecule has 3 nitrogen and oxygen atoms in total. The Morgan fingerprint density at radius 2 is 1.85 bits per heavy atom. The summed E-state index contributed by atoms with van der Waals surface area (Å²) in [5.74, 6) is 0. The molecule has 0 radical (unpaired) electrons. The van der Waals surface area contributed by atoms with Crippen LogP contribution in [0.15, 0.2) is 90.2 Å². The first-order valence-electron chi connectivity index (χ1n) is 11.8. The highest BCUT2D eigenvalue weighted by atomic mass is 14.9. The molecule has 2 aliphatic carbocycles. The van der Waals surface area contributed by atoms with E-state index in [1.807, 2.05) is 43.5 Å². The number of pyridine rings is 2. The van der Waals surface area contributed by atoms with Crippen molar-refractivity contribution in [2.45, 2.75) is 39.0 Å². The molecule has 5 rings (SSSR count). The molecule has 1 aliphatic heterocycles. The minimum atomic E-state index is 0.908. The van der Waals surface area contributed by atoms with Gasteiger partial charge in [-0.2, -0.15) is 0 Å². The molecule has 3 heterocycles. The fourth-order valence-electron chi connectivity index (χ4n) is 4.57. The van der Waals surface area contributed by atoms with Crippen LogP contribution in [0.5, 0.6) is 0 Å². The zero-order chi connectivity index (χ0) is 22.6. The van der Waals surface area contributed by atoms with Gasteiger partial charge in [0, 0.05) is 22.7 Å². The zero-order valence-electron chi connectivity index (χ0n) is 19.1. The Kier molecular flexibility index (Phi) is 6.03. The minimum absolute atomic E-state index is 0.908. The van der Waals surface area contributed by atoms with Gasteiger partial charge >= 0.3 is 0 Å². The molecule has 0 unspecified atom stereocenters. The summed E-state index contributed by atoms with van der Waals surface area (Å²) < 4.78 is 0. The molecule has 0 saturated heterocycles. The van der Waals surface area contributed by atoms with E-state index in [-0.39, 0.29) is 0 Å². The highest BCUT2D eigenvalue weighted by molar-refractivity contribution is 5.93. The Labute approximate surface area is 195 Å². The average Bonchev–Trinajstić information content (AvgIpc) is 3.28. The number of fused-ring (bicyclic) bond motifs is 1. The standard InChI is InChI=1S/C30H29N3/c1-21-18-24-15-16-27(33-29(24)20-25(19-21)23-11-5-3-4-6-12-23)26-13-7-8-17-31-30(26)28-14-9-10-22(2)32-28/h7-11,13-20,31H,1,3-6,12H2,2H3. The van der Waals surface area contributed by atoms with Gasteiger partial charge in [-0.15, -0.1) is 0 Å². The monoisotopic (exact) mass is 431 g/mol. The Balaban J connectivity index is 1.65. The summed E-state index contributed by atoms with van der Waals surface area (Å²) in [6, 6.07) is 10.3. The van der Waals surface area contributed by atoms with Gasteiger partial charge in [-0.3, -0.25) is 4.98 Å². The lowest BCUT2D eigenvalue weighted by Crippen LogP contribution is -2.29. The number of nitrogens with one attached hydrogen (secondary N) is 1. The van der Waals surface area contributed by atoms with Crippen LogP contribution in [-0.2, 0) is 0 Å². The van der Waals surface area contributed by atoms with E-state index in [0.29, 0.717) is 0 Å². The molecule has 0 spiro atoms. The fourth-order valence-corrected chi connectivity index (χ4v) is 4.57. The van der Waals surface area contributed by atoms with Crippen molar-refractivity contribution in [1.29, 1.82) is 0 Å². The van der Waals surface area contributed by atoms with E-state index < -0.39 is 0 Å². The molecular formula is C30H29N3. The topological polar surface area (TPSA) is 37.8 Å². The van der Waals surface area contributed by atoms with Gasteiger partial charge in [-0.05, 0) is 91.8 Å². The van der Waals surface area contributed by atoms with Crippen LogP contribution in [0.1, 0.15) is 49.2 Å². The Bertz CT molecular complexity index is 1380. The van der Waals surface area contributed by atoms with Crippen molar-refractivity contribution in [2.75, 3.05) is 0 Å². The first-order valence-corrected chi connectivity index (χ1v) is 11.8. The first-order chi connectivity index (χ1) is 16.2. The second-order valence-electron chi connectivity index (χ2n) is 8.78. The summed E-state index contributed by atoms with van der Waals surface area (Å²) in [6.07, 6.45) is 23.2. The third kappa shape index (κ3) is 4.73. The maximum atomic E-state index is 5.14. The second kappa shape index (κ2) is 9.41. The van der Waals surface area contributed by atoms with Crippen LogP contribution in [-0.4, -0.2) is 9.97 Å². The van der Waals surface area contributed by atoms with Crippen molar-refractivity contribution in [3.05, 3.63) is 118 Å². The zero-order valence-corrected chi connectivity index (χ0v) is 19.1. The Morgan fingerprint density at radius 1 is 0.909 bits per heavy atom. The molecule has 0 amide bonds.